The molecule has 2 saturated carbocycles. The monoisotopic (exact) mass is 364 g/mol. The molecule has 0 saturated heterocycles. The van der Waals surface area contributed by atoms with Crippen molar-refractivity contribution in [3.63, 3.8) is 0 Å². The van der Waals surface area contributed by atoms with Crippen molar-refractivity contribution in [1.29, 1.82) is 0 Å². The lowest BCUT2D eigenvalue weighted by Gasteiger charge is -2.38. The predicted molar refractivity (Wildman–Crippen MR) is 102 cm³/mol. The molecule has 1 aromatic carbocycles. The summed E-state index contributed by atoms with van der Waals surface area (Å²) >= 11 is 0. The summed E-state index contributed by atoms with van der Waals surface area (Å²) in [6.45, 7) is 2.41. The molecule has 3 heteroatoms. The molecule has 0 aliphatic heterocycles. The summed E-state index contributed by atoms with van der Waals surface area (Å²) in [5.41, 5.74) is 0.888. The lowest BCUT2D eigenvalue weighted by molar-refractivity contribution is 0.155. The van der Waals surface area contributed by atoms with Crippen LogP contribution in [-0.4, -0.2) is 7.11 Å². The van der Waals surface area contributed by atoms with E-state index in [9.17, 15) is 8.78 Å². The first-order valence-electron chi connectivity index (χ1n) is 10.6. The van der Waals surface area contributed by atoms with Gasteiger partial charge in [0.2, 0.25) is 0 Å². The number of benzene rings is 1. The average Bonchev–Trinajstić information content (AvgIpc) is 2.67. The second kappa shape index (κ2) is 9.30. The molecule has 0 atom stereocenters. The van der Waals surface area contributed by atoms with Gasteiger partial charge in [0, 0.05) is 12.7 Å². The van der Waals surface area contributed by atoms with Crippen molar-refractivity contribution in [2.24, 2.45) is 17.8 Å². The number of rotatable bonds is 6. The molecule has 3 rings (SSSR count). The van der Waals surface area contributed by atoms with Gasteiger partial charge >= 0.3 is 0 Å². The highest BCUT2D eigenvalue weighted by Crippen LogP contribution is 2.45. The van der Waals surface area contributed by atoms with Gasteiger partial charge in [-0.2, -0.15) is 0 Å². The van der Waals surface area contributed by atoms with Crippen LogP contribution in [0.4, 0.5) is 8.78 Å². The molecule has 0 N–H and O–H groups in total. The van der Waals surface area contributed by atoms with Crippen molar-refractivity contribution in [2.45, 2.75) is 83.7 Å². The van der Waals surface area contributed by atoms with Crippen molar-refractivity contribution < 1.29 is 13.5 Å². The molecule has 0 bridgehead atoms. The van der Waals surface area contributed by atoms with Crippen LogP contribution in [0.5, 0.6) is 0 Å². The Morgan fingerprint density at radius 1 is 0.885 bits per heavy atom. The summed E-state index contributed by atoms with van der Waals surface area (Å²) in [6, 6.07) is 3.48. The first-order valence-corrected chi connectivity index (χ1v) is 10.6. The highest BCUT2D eigenvalue weighted by Gasteiger charge is 2.32. The molecule has 0 radical (unpaired) electrons. The van der Waals surface area contributed by atoms with Crippen LogP contribution in [0.15, 0.2) is 12.1 Å². The fourth-order valence-electron chi connectivity index (χ4n) is 5.44. The van der Waals surface area contributed by atoms with Crippen LogP contribution in [0.25, 0.3) is 0 Å². The first kappa shape index (κ1) is 19.8. The van der Waals surface area contributed by atoms with E-state index in [0.29, 0.717) is 11.1 Å². The molecule has 1 nitrogen and oxygen atoms in total. The number of halogens is 2. The lowest BCUT2D eigenvalue weighted by atomic mass is 9.68. The predicted octanol–water partition coefficient (Wildman–Crippen LogP) is 6.99. The third-order valence-electron chi connectivity index (χ3n) is 6.96. The Morgan fingerprint density at radius 2 is 1.50 bits per heavy atom. The van der Waals surface area contributed by atoms with Gasteiger partial charge in [-0.25, -0.2) is 8.78 Å². The fourth-order valence-corrected chi connectivity index (χ4v) is 5.44. The summed E-state index contributed by atoms with van der Waals surface area (Å²) in [6.07, 6.45) is 12.6. The highest BCUT2D eigenvalue weighted by molar-refractivity contribution is 5.29. The van der Waals surface area contributed by atoms with Gasteiger partial charge in [-0.05, 0) is 67.8 Å². The maximum Gasteiger partial charge on any atom is 0.164 e. The molecule has 0 heterocycles. The van der Waals surface area contributed by atoms with E-state index < -0.39 is 11.6 Å². The normalized spacial score (nSPS) is 29.7. The molecule has 2 aliphatic rings. The zero-order valence-electron chi connectivity index (χ0n) is 16.4. The van der Waals surface area contributed by atoms with Crippen LogP contribution in [0.1, 0.15) is 88.2 Å². The van der Waals surface area contributed by atoms with Crippen molar-refractivity contribution in [2.75, 3.05) is 7.11 Å². The number of hydrogen-bond acceptors (Lipinski definition) is 1. The Balaban J connectivity index is 1.55. The molecular formula is C23H34F2O. The molecule has 0 unspecified atom stereocenters. The van der Waals surface area contributed by atoms with E-state index in [1.165, 1.54) is 58.5 Å². The molecule has 2 fully saturated rings. The third-order valence-corrected chi connectivity index (χ3v) is 6.96. The highest BCUT2D eigenvalue weighted by atomic mass is 19.2. The number of methoxy groups -OCH3 is 1. The Labute approximate surface area is 157 Å². The van der Waals surface area contributed by atoms with Gasteiger partial charge in [0.25, 0.3) is 0 Å². The second-order valence-electron chi connectivity index (χ2n) is 8.56. The molecule has 0 amide bonds. The Morgan fingerprint density at radius 3 is 2.08 bits per heavy atom. The Kier molecular flexibility index (Phi) is 7.08. The van der Waals surface area contributed by atoms with Gasteiger partial charge < -0.3 is 4.74 Å². The average molecular weight is 365 g/mol. The van der Waals surface area contributed by atoms with Gasteiger partial charge in [0.1, 0.15) is 0 Å². The molecule has 2 aliphatic carbocycles. The maximum absolute atomic E-state index is 14.5. The largest absolute Gasteiger partial charge is 0.380 e. The van der Waals surface area contributed by atoms with E-state index in [0.717, 1.165) is 30.6 Å². The van der Waals surface area contributed by atoms with Gasteiger partial charge in [-0.15, -0.1) is 0 Å². The van der Waals surface area contributed by atoms with Crippen molar-refractivity contribution in [1.82, 2.24) is 0 Å². The first-order chi connectivity index (χ1) is 12.6. The zero-order chi connectivity index (χ0) is 18.5. The van der Waals surface area contributed by atoms with Crippen molar-refractivity contribution in [3.8, 4) is 0 Å². The molecule has 26 heavy (non-hydrogen) atoms. The maximum atomic E-state index is 14.5. The molecular weight excluding hydrogens is 330 g/mol. The fraction of sp³-hybridized carbons (Fsp3) is 0.739. The van der Waals surface area contributed by atoms with Gasteiger partial charge in [0.05, 0.1) is 6.61 Å². The summed E-state index contributed by atoms with van der Waals surface area (Å²) < 4.78 is 33.7. The van der Waals surface area contributed by atoms with Crippen LogP contribution in [0, 0.1) is 29.4 Å². The van der Waals surface area contributed by atoms with Crippen LogP contribution in [0.2, 0.25) is 0 Å². The summed E-state index contributed by atoms with van der Waals surface area (Å²) in [7, 11) is 1.50. The van der Waals surface area contributed by atoms with Gasteiger partial charge in [-0.3, -0.25) is 0 Å². The summed E-state index contributed by atoms with van der Waals surface area (Å²) in [5, 5.41) is 0. The minimum Gasteiger partial charge on any atom is -0.380 e. The standard InChI is InChI=1S/C23H34F2O/c1-3-4-16-5-7-17(8-6-16)18-9-11-19(12-10-18)21-14-13-20(15-26-2)22(24)23(21)25/h13-14,16-19H,3-12,15H2,1-2H3. The van der Waals surface area contributed by atoms with E-state index in [4.69, 9.17) is 4.74 Å². The van der Waals surface area contributed by atoms with Crippen LogP contribution >= 0.6 is 0 Å². The van der Waals surface area contributed by atoms with E-state index in [2.05, 4.69) is 6.92 Å². The summed E-state index contributed by atoms with van der Waals surface area (Å²) in [5.74, 6) is 1.43. The van der Waals surface area contributed by atoms with E-state index in [1.54, 1.807) is 12.1 Å². The Hall–Kier alpha value is -0.960. The van der Waals surface area contributed by atoms with E-state index >= 15 is 0 Å². The van der Waals surface area contributed by atoms with Crippen LogP contribution in [0.3, 0.4) is 0 Å². The zero-order valence-corrected chi connectivity index (χ0v) is 16.4. The van der Waals surface area contributed by atoms with Crippen molar-refractivity contribution >= 4 is 0 Å². The molecule has 146 valence electrons. The summed E-state index contributed by atoms with van der Waals surface area (Å²) in [4.78, 5) is 0. The SMILES string of the molecule is CCCC1CCC(C2CCC(c3ccc(COC)c(F)c3F)CC2)CC1. The van der Waals surface area contributed by atoms with Gasteiger partial charge in [-0.1, -0.05) is 44.7 Å². The topological polar surface area (TPSA) is 9.23 Å². The molecule has 0 aromatic heterocycles. The van der Waals surface area contributed by atoms with Crippen LogP contribution < -0.4 is 0 Å². The van der Waals surface area contributed by atoms with Gasteiger partial charge in [0.15, 0.2) is 11.6 Å². The minimum atomic E-state index is -0.722. The second-order valence-corrected chi connectivity index (χ2v) is 8.56. The van der Waals surface area contributed by atoms with Crippen LogP contribution in [-0.2, 0) is 11.3 Å². The number of ether oxygens (including phenoxy) is 1. The smallest absolute Gasteiger partial charge is 0.164 e. The van der Waals surface area contributed by atoms with E-state index in [1.807, 2.05) is 0 Å². The molecule has 1 aromatic rings. The Bertz CT molecular complexity index is 570. The minimum absolute atomic E-state index is 0.122. The lowest BCUT2D eigenvalue weighted by Crippen LogP contribution is -2.25. The molecule has 0 spiro atoms. The number of hydrogen-bond donors (Lipinski definition) is 0. The van der Waals surface area contributed by atoms with Crippen molar-refractivity contribution in [3.05, 3.63) is 34.9 Å². The quantitative estimate of drug-likeness (QED) is 0.528. The third kappa shape index (κ3) is 4.47. The van der Waals surface area contributed by atoms with E-state index in [-0.39, 0.29) is 12.5 Å².